The van der Waals surface area contributed by atoms with Crippen molar-refractivity contribution >= 4 is 0 Å². The van der Waals surface area contributed by atoms with Crippen molar-refractivity contribution < 1.29 is 0 Å². The highest BCUT2D eigenvalue weighted by Gasteiger charge is 2.43. The van der Waals surface area contributed by atoms with Crippen molar-refractivity contribution in [2.75, 3.05) is 13.1 Å². The van der Waals surface area contributed by atoms with Crippen LogP contribution < -0.4 is 5.32 Å². The summed E-state index contributed by atoms with van der Waals surface area (Å²) in [5.74, 6) is 0.711. The second-order valence-electron chi connectivity index (χ2n) is 7.47. The first-order valence-electron chi connectivity index (χ1n) is 8.64. The first-order valence-corrected chi connectivity index (χ1v) is 8.64. The second-order valence-corrected chi connectivity index (χ2v) is 7.47. The summed E-state index contributed by atoms with van der Waals surface area (Å²) in [7, 11) is 0. The van der Waals surface area contributed by atoms with Gasteiger partial charge in [0, 0.05) is 31.2 Å². The zero-order chi connectivity index (χ0) is 14.9. The largest absolute Gasteiger partial charge is 0.311 e. The molecule has 21 heavy (non-hydrogen) atoms. The highest BCUT2D eigenvalue weighted by atomic mass is 15.3. The van der Waals surface area contributed by atoms with E-state index in [0.29, 0.717) is 17.5 Å². The quantitative estimate of drug-likeness (QED) is 0.910. The van der Waals surface area contributed by atoms with Gasteiger partial charge in [0.15, 0.2) is 0 Å². The Bertz CT molecular complexity index is 474. The maximum absolute atomic E-state index is 3.84. The Morgan fingerprint density at radius 2 is 1.95 bits per heavy atom. The molecule has 2 fully saturated rings. The Hall–Kier alpha value is -0.860. The lowest BCUT2D eigenvalue weighted by atomic mass is 9.87. The summed E-state index contributed by atoms with van der Waals surface area (Å²) in [5, 5.41) is 3.84. The van der Waals surface area contributed by atoms with Crippen LogP contribution in [0.5, 0.6) is 0 Å². The van der Waals surface area contributed by atoms with Crippen molar-refractivity contribution in [2.24, 2.45) is 5.92 Å². The molecular formula is C19H30N2. The van der Waals surface area contributed by atoms with Gasteiger partial charge >= 0.3 is 0 Å². The average molecular weight is 286 g/mol. The number of piperazine rings is 1. The molecule has 0 bridgehead atoms. The molecule has 116 valence electrons. The summed E-state index contributed by atoms with van der Waals surface area (Å²) in [6.45, 7) is 10.4. The van der Waals surface area contributed by atoms with Crippen molar-refractivity contribution in [3.05, 3.63) is 35.4 Å². The topological polar surface area (TPSA) is 15.3 Å². The fourth-order valence-corrected chi connectivity index (χ4v) is 4.13. The molecule has 1 aromatic rings. The van der Waals surface area contributed by atoms with Crippen LogP contribution in [0.3, 0.4) is 0 Å². The van der Waals surface area contributed by atoms with E-state index in [4.69, 9.17) is 0 Å². The molecule has 1 aromatic carbocycles. The van der Waals surface area contributed by atoms with Crippen molar-refractivity contribution in [3.63, 3.8) is 0 Å². The van der Waals surface area contributed by atoms with E-state index in [1.165, 1.54) is 49.9 Å². The minimum absolute atomic E-state index is 0.424. The number of rotatable bonds is 3. The summed E-state index contributed by atoms with van der Waals surface area (Å²) in [4.78, 5) is 2.81. The van der Waals surface area contributed by atoms with Crippen LogP contribution in [0.15, 0.2) is 24.3 Å². The molecule has 1 saturated heterocycles. The van der Waals surface area contributed by atoms with Gasteiger partial charge in [0.2, 0.25) is 0 Å². The lowest BCUT2D eigenvalue weighted by molar-refractivity contribution is 0.0259. The van der Waals surface area contributed by atoms with Crippen LogP contribution >= 0.6 is 0 Å². The van der Waals surface area contributed by atoms with Gasteiger partial charge in [-0.25, -0.2) is 0 Å². The fraction of sp³-hybridized carbons (Fsp3) is 0.684. The van der Waals surface area contributed by atoms with E-state index >= 15 is 0 Å². The molecule has 2 nitrogen and oxygen atoms in total. The lowest BCUT2D eigenvalue weighted by Crippen LogP contribution is -2.64. The van der Waals surface area contributed by atoms with E-state index in [0.717, 1.165) is 6.54 Å². The van der Waals surface area contributed by atoms with E-state index < -0.39 is 0 Å². The number of hydrogen-bond acceptors (Lipinski definition) is 2. The molecule has 2 heteroatoms. The molecular weight excluding hydrogens is 256 g/mol. The van der Waals surface area contributed by atoms with Crippen LogP contribution in [0, 0.1) is 12.8 Å². The fourth-order valence-electron chi connectivity index (χ4n) is 4.13. The Morgan fingerprint density at radius 1 is 1.24 bits per heavy atom. The Balaban J connectivity index is 1.81. The van der Waals surface area contributed by atoms with E-state index in [1.807, 2.05) is 0 Å². The first kappa shape index (κ1) is 15.1. The van der Waals surface area contributed by atoms with Crippen LogP contribution in [-0.2, 0) is 6.54 Å². The minimum Gasteiger partial charge on any atom is -0.311 e. The highest BCUT2D eigenvalue weighted by Crippen LogP contribution is 2.38. The van der Waals surface area contributed by atoms with Gasteiger partial charge in [-0.05, 0) is 36.8 Å². The molecule has 1 heterocycles. The molecule has 1 spiro atoms. The predicted molar refractivity (Wildman–Crippen MR) is 89.4 cm³/mol. The SMILES string of the molecule is Cc1ccccc1CN1CC(C(C)C)NCC12CCCC2. The molecule has 1 N–H and O–H groups in total. The molecule has 1 aliphatic heterocycles. The Morgan fingerprint density at radius 3 is 2.62 bits per heavy atom. The van der Waals surface area contributed by atoms with Crippen molar-refractivity contribution in [3.8, 4) is 0 Å². The van der Waals surface area contributed by atoms with Gasteiger partial charge in [0.05, 0.1) is 0 Å². The average Bonchev–Trinajstić information content (AvgIpc) is 2.93. The molecule has 1 unspecified atom stereocenters. The second kappa shape index (κ2) is 6.10. The highest BCUT2D eigenvalue weighted by molar-refractivity contribution is 5.26. The van der Waals surface area contributed by atoms with Gasteiger partial charge in [-0.1, -0.05) is 51.0 Å². The predicted octanol–water partition coefficient (Wildman–Crippen LogP) is 3.74. The summed E-state index contributed by atoms with van der Waals surface area (Å²) < 4.78 is 0. The monoisotopic (exact) mass is 286 g/mol. The molecule has 1 saturated carbocycles. The van der Waals surface area contributed by atoms with Crippen LogP contribution in [0.1, 0.15) is 50.7 Å². The third-order valence-electron chi connectivity index (χ3n) is 5.74. The minimum atomic E-state index is 0.424. The lowest BCUT2D eigenvalue weighted by Gasteiger charge is -2.49. The third kappa shape index (κ3) is 3.02. The van der Waals surface area contributed by atoms with Gasteiger partial charge in [-0.2, -0.15) is 0 Å². The van der Waals surface area contributed by atoms with E-state index in [9.17, 15) is 0 Å². The van der Waals surface area contributed by atoms with Gasteiger partial charge in [-0.3, -0.25) is 4.90 Å². The van der Waals surface area contributed by atoms with Crippen molar-refractivity contribution in [1.82, 2.24) is 10.2 Å². The van der Waals surface area contributed by atoms with Crippen LogP contribution in [0.4, 0.5) is 0 Å². The smallest absolute Gasteiger partial charge is 0.0338 e. The van der Waals surface area contributed by atoms with Gasteiger partial charge in [0.25, 0.3) is 0 Å². The molecule has 1 atom stereocenters. The molecule has 0 radical (unpaired) electrons. The summed E-state index contributed by atoms with van der Waals surface area (Å²) in [6, 6.07) is 9.54. The summed E-state index contributed by atoms with van der Waals surface area (Å²) in [6.07, 6.45) is 5.55. The standard InChI is InChI=1S/C19H30N2/c1-15(2)18-13-21(12-17-9-5-4-8-16(17)3)19(14-20-18)10-6-7-11-19/h4-5,8-9,15,18,20H,6-7,10-14H2,1-3H3. The third-order valence-corrected chi connectivity index (χ3v) is 5.74. The normalized spacial score (nSPS) is 25.8. The van der Waals surface area contributed by atoms with Crippen molar-refractivity contribution in [1.29, 1.82) is 0 Å². The number of aryl methyl sites for hydroxylation is 1. The molecule has 2 aliphatic rings. The molecule has 1 aliphatic carbocycles. The van der Waals surface area contributed by atoms with Crippen LogP contribution in [0.2, 0.25) is 0 Å². The molecule has 3 rings (SSSR count). The zero-order valence-electron chi connectivity index (χ0n) is 13.9. The summed E-state index contributed by atoms with van der Waals surface area (Å²) in [5.41, 5.74) is 3.37. The van der Waals surface area contributed by atoms with Gasteiger partial charge < -0.3 is 5.32 Å². The van der Waals surface area contributed by atoms with E-state index in [2.05, 4.69) is 55.3 Å². The maximum atomic E-state index is 3.84. The number of nitrogens with zero attached hydrogens (tertiary/aromatic N) is 1. The summed E-state index contributed by atoms with van der Waals surface area (Å²) >= 11 is 0. The zero-order valence-corrected chi connectivity index (χ0v) is 13.9. The van der Waals surface area contributed by atoms with Crippen LogP contribution in [0.25, 0.3) is 0 Å². The Kier molecular flexibility index (Phi) is 4.37. The molecule has 0 amide bonds. The first-order chi connectivity index (χ1) is 10.1. The van der Waals surface area contributed by atoms with Gasteiger partial charge in [-0.15, -0.1) is 0 Å². The van der Waals surface area contributed by atoms with Crippen molar-refractivity contribution in [2.45, 2.75) is 64.6 Å². The Labute approximate surface area is 129 Å². The maximum Gasteiger partial charge on any atom is 0.0338 e. The van der Waals surface area contributed by atoms with Crippen LogP contribution in [-0.4, -0.2) is 29.6 Å². The van der Waals surface area contributed by atoms with Gasteiger partial charge in [0.1, 0.15) is 0 Å². The molecule has 0 aromatic heterocycles. The van der Waals surface area contributed by atoms with E-state index in [1.54, 1.807) is 0 Å². The number of nitrogens with one attached hydrogen (secondary N) is 1. The number of benzene rings is 1. The van der Waals surface area contributed by atoms with E-state index in [-0.39, 0.29) is 0 Å². The number of hydrogen-bond donors (Lipinski definition) is 1.